The Labute approximate surface area is 98.6 Å². The van der Waals surface area contributed by atoms with Crippen molar-refractivity contribution in [2.45, 2.75) is 6.92 Å². The number of halogens is 1. The summed E-state index contributed by atoms with van der Waals surface area (Å²) in [5, 5.41) is 1.33. The minimum Gasteiger partial charge on any atom is -0.497 e. The Hall–Kier alpha value is -1.48. The fraction of sp³-hybridized carbons (Fsp3) is 0.250. The number of rotatable bonds is 2. The molecule has 0 radical (unpaired) electrons. The van der Waals surface area contributed by atoms with Crippen LogP contribution in [0.3, 0.4) is 0 Å². The van der Waals surface area contributed by atoms with Crippen LogP contribution in [0.25, 0.3) is 10.9 Å². The minimum absolute atomic E-state index is 0.0392. The highest BCUT2D eigenvalue weighted by Crippen LogP contribution is 2.32. The third-order valence-electron chi connectivity index (χ3n) is 2.68. The highest BCUT2D eigenvalue weighted by atomic mass is 35.5. The van der Waals surface area contributed by atoms with E-state index in [1.54, 1.807) is 11.7 Å². The van der Waals surface area contributed by atoms with Crippen molar-refractivity contribution in [2.75, 3.05) is 7.11 Å². The quantitative estimate of drug-likeness (QED) is 0.752. The Morgan fingerprint density at radius 2 is 2.12 bits per heavy atom. The molecule has 84 valence electrons. The Morgan fingerprint density at radius 1 is 1.44 bits per heavy atom. The molecule has 0 unspecified atom stereocenters. The van der Waals surface area contributed by atoms with Crippen molar-refractivity contribution in [3.63, 3.8) is 0 Å². The Kier molecular flexibility index (Phi) is 2.64. The number of nitrogens with zero attached hydrogens (tertiary/aromatic N) is 1. The molecule has 2 aromatic rings. The van der Waals surface area contributed by atoms with Crippen LogP contribution >= 0.6 is 11.6 Å². The normalized spacial score (nSPS) is 10.8. The van der Waals surface area contributed by atoms with Crippen LogP contribution in [-0.4, -0.2) is 17.5 Å². The van der Waals surface area contributed by atoms with Crippen LogP contribution in [0.1, 0.15) is 17.4 Å². The fourth-order valence-corrected chi connectivity index (χ4v) is 2.31. The number of ether oxygens (including phenoxy) is 1. The molecule has 0 N–H and O–H groups in total. The molecule has 1 heterocycles. The van der Waals surface area contributed by atoms with Crippen LogP contribution in [0.4, 0.5) is 0 Å². The minimum atomic E-state index is -0.0392. The molecule has 2 rings (SSSR count). The first-order valence-corrected chi connectivity index (χ1v) is 5.27. The predicted molar refractivity (Wildman–Crippen MR) is 64.5 cm³/mol. The monoisotopic (exact) mass is 237 g/mol. The first-order chi connectivity index (χ1) is 7.56. The zero-order valence-corrected chi connectivity index (χ0v) is 10.1. The summed E-state index contributed by atoms with van der Waals surface area (Å²) in [5.74, 6) is 0.692. The van der Waals surface area contributed by atoms with Gasteiger partial charge in [-0.15, -0.1) is 0 Å². The summed E-state index contributed by atoms with van der Waals surface area (Å²) in [6, 6.07) is 5.58. The van der Waals surface area contributed by atoms with E-state index in [0.29, 0.717) is 10.7 Å². The van der Waals surface area contributed by atoms with Crippen LogP contribution in [0.2, 0.25) is 5.02 Å². The zero-order valence-electron chi connectivity index (χ0n) is 9.37. The highest BCUT2D eigenvalue weighted by Gasteiger charge is 2.16. The Morgan fingerprint density at radius 3 is 2.69 bits per heavy atom. The molecule has 0 bridgehead atoms. The van der Waals surface area contributed by atoms with Gasteiger partial charge >= 0.3 is 0 Å². The van der Waals surface area contributed by atoms with Crippen molar-refractivity contribution in [3.05, 3.63) is 28.9 Å². The largest absolute Gasteiger partial charge is 0.497 e. The van der Waals surface area contributed by atoms with Gasteiger partial charge in [-0.05, 0) is 18.2 Å². The van der Waals surface area contributed by atoms with Crippen molar-refractivity contribution < 1.29 is 9.53 Å². The van der Waals surface area contributed by atoms with E-state index in [9.17, 15) is 4.79 Å². The first-order valence-electron chi connectivity index (χ1n) is 4.89. The average Bonchev–Trinajstić information content (AvgIpc) is 2.51. The van der Waals surface area contributed by atoms with Crippen molar-refractivity contribution >= 4 is 28.3 Å². The standard InChI is InChI=1S/C12H12ClNO2/c1-7(15)12-11(13)9-6-8(16-3)4-5-10(9)14(12)2/h4-6H,1-3H3. The molecular weight excluding hydrogens is 226 g/mol. The molecule has 0 saturated heterocycles. The van der Waals surface area contributed by atoms with Crippen LogP contribution in [-0.2, 0) is 7.05 Å². The van der Waals surface area contributed by atoms with Gasteiger partial charge in [-0.2, -0.15) is 0 Å². The molecule has 0 aliphatic carbocycles. The van der Waals surface area contributed by atoms with Gasteiger partial charge in [0, 0.05) is 19.4 Å². The summed E-state index contributed by atoms with van der Waals surface area (Å²) in [4.78, 5) is 11.5. The van der Waals surface area contributed by atoms with Crippen LogP contribution < -0.4 is 4.74 Å². The lowest BCUT2D eigenvalue weighted by Crippen LogP contribution is -2.01. The number of hydrogen-bond acceptors (Lipinski definition) is 2. The van der Waals surface area contributed by atoms with Gasteiger partial charge in [-0.1, -0.05) is 11.6 Å². The molecule has 1 aromatic heterocycles. The molecule has 1 aromatic carbocycles. The third-order valence-corrected chi connectivity index (χ3v) is 3.06. The summed E-state index contributed by atoms with van der Waals surface area (Å²) in [7, 11) is 3.43. The van der Waals surface area contributed by atoms with Gasteiger partial charge in [0.05, 0.1) is 17.6 Å². The van der Waals surface area contributed by atoms with Crippen molar-refractivity contribution in [2.24, 2.45) is 7.05 Å². The number of methoxy groups -OCH3 is 1. The molecule has 0 aliphatic heterocycles. The lowest BCUT2D eigenvalue weighted by Gasteiger charge is -2.01. The number of ketones is 1. The van der Waals surface area contributed by atoms with Gasteiger partial charge < -0.3 is 9.30 Å². The van der Waals surface area contributed by atoms with E-state index in [1.807, 2.05) is 25.2 Å². The number of aryl methyl sites for hydroxylation is 1. The van der Waals surface area contributed by atoms with Gasteiger partial charge in [0.1, 0.15) is 11.4 Å². The first kappa shape index (κ1) is 11.0. The van der Waals surface area contributed by atoms with E-state index in [4.69, 9.17) is 16.3 Å². The number of Topliss-reactive ketones (excluding diaryl/α,β-unsaturated/α-hetero) is 1. The van der Waals surface area contributed by atoms with Crippen molar-refractivity contribution in [1.29, 1.82) is 0 Å². The maximum Gasteiger partial charge on any atom is 0.177 e. The van der Waals surface area contributed by atoms with Crippen molar-refractivity contribution in [1.82, 2.24) is 4.57 Å². The van der Waals surface area contributed by atoms with Crippen LogP contribution in [0.15, 0.2) is 18.2 Å². The second-order valence-corrected chi connectivity index (χ2v) is 4.04. The Balaban J connectivity index is 2.83. The molecule has 0 fully saturated rings. The lowest BCUT2D eigenvalue weighted by atomic mass is 10.2. The van der Waals surface area contributed by atoms with Crippen LogP contribution in [0.5, 0.6) is 5.75 Å². The lowest BCUT2D eigenvalue weighted by molar-refractivity contribution is 0.101. The molecule has 0 amide bonds. The second-order valence-electron chi connectivity index (χ2n) is 3.66. The van der Waals surface area contributed by atoms with E-state index >= 15 is 0 Å². The summed E-state index contributed by atoms with van der Waals surface area (Å²) >= 11 is 6.19. The van der Waals surface area contributed by atoms with Crippen molar-refractivity contribution in [3.8, 4) is 5.75 Å². The Bertz CT molecular complexity index is 572. The molecule has 0 spiro atoms. The fourth-order valence-electron chi connectivity index (χ4n) is 1.90. The van der Waals surface area contributed by atoms with Crippen LogP contribution in [0, 0.1) is 0 Å². The van der Waals surface area contributed by atoms with E-state index < -0.39 is 0 Å². The number of carbonyl (C=O) groups is 1. The zero-order chi connectivity index (χ0) is 11.9. The van der Waals surface area contributed by atoms with E-state index in [2.05, 4.69) is 0 Å². The molecule has 3 nitrogen and oxygen atoms in total. The summed E-state index contributed by atoms with van der Waals surface area (Å²) in [6.07, 6.45) is 0. The number of aromatic nitrogens is 1. The summed E-state index contributed by atoms with van der Waals surface area (Å²) < 4.78 is 6.94. The number of carbonyl (C=O) groups excluding carboxylic acids is 1. The molecule has 16 heavy (non-hydrogen) atoms. The summed E-state index contributed by atoms with van der Waals surface area (Å²) in [6.45, 7) is 1.51. The molecular formula is C12H12ClNO2. The molecule has 0 saturated carbocycles. The van der Waals surface area contributed by atoms with E-state index in [-0.39, 0.29) is 5.78 Å². The van der Waals surface area contributed by atoms with Gasteiger partial charge in [0.25, 0.3) is 0 Å². The van der Waals surface area contributed by atoms with Gasteiger partial charge in [-0.3, -0.25) is 4.79 Å². The topological polar surface area (TPSA) is 31.2 Å². The second kappa shape index (κ2) is 3.83. The SMILES string of the molecule is COc1ccc2c(c1)c(Cl)c(C(C)=O)n2C. The number of benzene rings is 1. The predicted octanol–water partition coefficient (Wildman–Crippen LogP) is 3.04. The highest BCUT2D eigenvalue weighted by molar-refractivity contribution is 6.38. The number of fused-ring (bicyclic) bond motifs is 1. The number of hydrogen-bond donors (Lipinski definition) is 0. The maximum absolute atomic E-state index is 11.5. The van der Waals surface area contributed by atoms with Gasteiger partial charge in [-0.25, -0.2) is 0 Å². The molecule has 0 aliphatic rings. The van der Waals surface area contributed by atoms with E-state index in [0.717, 1.165) is 16.7 Å². The smallest absolute Gasteiger partial charge is 0.177 e. The van der Waals surface area contributed by atoms with Gasteiger partial charge in [0.15, 0.2) is 5.78 Å². The molecule has 0 atom stereocenters. The average molecular weight is 238 g/mol. The maximum atomic E-state index is 11.5. The van der Waals surface area contributed by atoms with E-state index in [1.165, 1.54) is 6.92 Å². The molecule has 4 heteroatoms. The third kappa shape index (κ3) is 1.48. The summed E-state index contributed by atoms with van der Waals surface area (Å²) in [5.41, 5.74) is 1.46. The van der Waals surface area contributed by atoms with Gasteiger partial charge in [0.2, 0.25) is 0 Å².